The van der Waals surface area contributed by atoms with Crippen LogP contribution in [0.5, 0.6) is 0 Å². The zero-order chi connectivity index (χ0) is 51.0. The first-order valence-corrected chi connectivity index (χ1v) is 26.8. The smallest absolute Gasteiger partial charge is 0.368 e. The fraction of sp³-hybridized carbons (Fsp3) is 0.146. The summed E-state index contributed by atoms with van der Waals surface area (Å²) in [4.78, 5) is 50.0. The van der Waals surface area contributed by atoms with Crippen molar-refractivity contribution in [1.82, 2.24) is 59.5 Å². The van der Waals surface area contributed by atoms with E-state index in [1.807, 2.05) is 111 Å². The third-order valence-electron chi connectivity index (χ3n) is 11.0. The van der Waals surface area contributed by atoms with Crippen LogP contribution in [0.1, 0.15) is 37.5 Å². The Labute approximate surface area is 428 Å². The van der Waals surface area contributed by atoms with E-state index in [0.29, 0.717) is 52.3 Å². The van der Waals surface area contributed by atoms with Gasteiger partial charge in [0.15, 0.2) is 0 Å². The molecule has 375 valence electrons. The summed E-state index contributed by atoms with van der Waals surface area (Å²) in [7, 11) is -12.7. The molecular weight excluding hydrogens is 1050 g/mol. The van der Waals surface area contributed by atoms with Crippen molar-refractivity contribution in [3.8, 4) is 45.6 Å². The first kappa shape index (κ1) is 51.9. The monoisotopic (exact) mass is 1090 g/mol. The molecule has 73 heavy (non-hydrogen) atoms. The van der Waals surface area contributed by atoms with E-state index in [0.717, 1.165) is 68.3 Å². The second-order valence-electron chi connectivity index (χ2n) is 15.9. The van der Waals surface area contributed by atoms with Crippen LogP contribution in [0.15, 0.2) is 125 Å². The van der Waals surface area contributed by atoms with Crippen molar-refractivity contribution in [2.45, 2.75) is 42.9 Å². The van der Waals surface area contributed by atoms with Crippen LogP contribution in [0.2, 0.25) is 0 Å². The molecule has 0 saturated heterocycles. The van der Waals surface area contributed by atoms with Gasteiger partial charge in [-0.05, 0) is 51.7 Å². The van der Waals surface area contributed by atoms with Crippen molar-refractivity contribution in [3.63, 3.8) is 0 Å². The van der Waals surface area contributed by atoms with Gasteiger partial charge in [-0.1, -0.05) is 111 Å². The molecule has 2 aliphatic heterocycles. The van der Waals surface area contributed by atoms with Gasteiger partial charge in [0.25, 0.3) is 20.2 Å². The van der Waals surface area contributed by atoms with E-state index in [2.05, 4.69) is 19.7 Å². The van der Waals surface area contributed by atoms with Gasteiger partial charge >= 0.3 is 17.1 Å². The molecule has 25 heteroatoms. The molecule has 4 aromatic heterocycles. The van der Waals surface area contributed by atoms with Crippen molar-refractivity contribution in [2.24, 2.45) is 0 Å². The van der Waals surface area contributed by atoms with Gasteiger partial charge in [-0.15, -0.1) is 0 Å². The van der Waals surface area contributed by atoms with Gasteiger partial charge in [0.1, 0.15) is 11.6 Å². The number of nitrogens with zero attached hydrogens (tertiary/aromatic N) is 11. The van der Waals surface area contributed by atoms with E-state index in [1.54, 1.807) is 0 Å². The Morgan fingerprint density at radius 2 is 0.918 bits per heavy atom. The third-order valence-corrected chi connectivity index (χ3v) is 13.5. The Morgan fingerprint density at radius 3 is 1.30 bits per heavy atom. The number of sulfonamides is 1. The summed E-state index contributed by atoms with van der Waals surface area (Å²) in [5.41, 5.74) is 11.2. The molecule has 2 aliphatic rings. The van der Waals surface area contributed by atoms with Crippen LogP contribution in [0.25, 0.3) is 89.7 Å². The zero-order valence-electron chi connectivity index (χ0n) is 38.7. The summed E-state index contributed by atoms with van der Waals surface area (Å²) in [6.07, 6.45) is 1.22. The number of fused-ring (bicyclic) bond motifs is 20. The van der Waals surface area contributed by atoms with Crippen LogP contribution in [-0.2, 0) is 60.2 Å². The fourth-order valence-electron chi connectivity index (χ4n) is 7.92. The van der Waals surface area contributed by atoms with Gasteiger partial charge in [0.2, 0.25) is 16.0 Å². The number of hydrogen-bond donors (Lipinski definition) is 4. The molecule has 8 bridgehead atoms. The Balaban J connectivity index is 0.000000195. The van der Waals surface area contributed by atoms with Crippen molar-refractivity contribution in [3.05, 3.63) is 132 Å². The Bertz CT molecular complexity index is 3820. The SMILES string of the molecule is CC.CS(=O)(=O)NCCCc1nc(N)nc(Cc2cc(S(=O)(=O)O)ccc2S(=O)(=O)O)n1.[Cu+2].c1ccc2c(c1)-c1nc-2nc2[n-]c(nc3nc(nc4[n-]c(n1)c1ccccc41)-c1ccccc1-3)c1ccccc21. The van der Waals surface area contributed by atoms with Gasteiger partial charge in [0.05, 0.1) is 39.3 Å². The van der Waals surface area contributed by atoms with Gasteiger partial charge in [-0.3, -0.25) is 9.11 Å². The maximum Gasteiger partial charge on any atom is 2.00 e. The van der Waals surface area contributed by atoms with Gasteiger partial charge in [0, 0.05) is 64.2 Å². The number of nitrogens with one attached hydrogen (secondary N) is 1. The van der Waals surface area contributed by atoms with E-state index in [1.165, 1.54) is 0 Å². The number of aromatic nitrogens is 11. The van der Waals surface area contributed by atoms with E-state index < -0.39 is 40.1 Å². The molecular formula is C48H41CuN13O8S3. The van der Waals surface area contributed by atoms with E-state index >= 15 is 0 Å². The molecule has 21 nitrogen and oxygen atoms in total. The molecule has 5 N–H and O–H groups in total. The second-order valence-corrected chi connectivity index (χ2v) is 20.5. The minimum Gasteiger partial charge on any atom is -0.368 e. The third kappa shape index (κ3) is 11.3. The molecule has 6 heterocycles. The number of nitrogens with two attached hydrogens (primary N) is 1. The summed E-state index contributed by atoms with van der Waals surface area (Å²) in [5.74, 6) is 2.20. The van der Waals surface area contributed by atoms with Crippen LogP contribution < -0.4 is 20.4 Å². The molecule has 0 fully saturated rings. The number of anilines is 1. The molecule has 0 aliphatic carbocycles. The topological polar surface area (TPSA) is 325 Å². The summed E-state index contributed by atoms with van der Waals surface area (Å²) < 4.78 is 88.9. The second kappa shape index (κ2) is 20.9. The Kier molecular flexibility index (Phi) is 14.9. The summed E-state index contributed by atoms with van der Waals surface area (Å²) >= 11 is 0. The van der Waals surface area contributed by atoms with Crippen molar-refractivity contribution in [2.75, 3.05) is 18.5 Å². The average Bonchev–Trinajstić information content (AvgIpc) is 4.09. The van der Waals surface area contributed by atoms with Crippen molar-refractivity contribution >= 4 is 80.3 Å². The first-order valence-electron chi connectivity index (χ1n) is 22.1. The van der Waals surface area contributed by atoms with Gasteiger partial charge < -0.3 is 35.6 Å². The maximum absolute atomic E-state index is 11.6. The van der Waals surface area contributed by atoms with Crippen LogP contribution in [-0.4, -0.2) is 92.0 Å². The van der Waals surface area contributed by atoms with Crippen molar-refractivity contribution < 1.29 is 51.4 Å². The Hall–Kier alpha value is -7.48. The van der Waals surface area contributed by atoms with Gasteiger partial charge in [-0.2, -0.15) is 26.8 Å². The van der Waals surface area contributed by atoms with Crippen molar-refractivity contribution in [1.29, 1.82) is 0 Å². The summed E-state index contributed by atoms with van der Waals surface area (Å²) in [6.45, 7) is 4.13. The predicted octanol–water partition coefficient (Wildman–Crippen LogP) is 6.17. The molecule has 11 rings (SSSR count). The van der Waals surface area contributed by atoms with Gasteiger partial charge in [-0.25, -0.2) is 28.1 Å². The van der Waals surface area contributed by atoms with E-state index in [4.69, 9.17) is 45.6 Å². The predicted molar refractivity (Wildman–Crippen MR) is 270 cm³/mol. The molecule has 5 aromatic carbocycles. The average molecular weight is 1090 g/mol. The standard InChI is InChI=1S/C32H16N8.C14H19N5O8S3.C2H6.Cu/c1-2-10-18-17(9-1)25-33-26(18)38-28-21-13-5-6-14-22(21)30(35-28)40-32-24-16-8-7-15-23(24)31(36-32)39-29-20-12-4-3-11-19(20)27(34-29)37-25;1-28(20,21)16-6-2-3-12-17-13(19-14(15)18-12)8-9-7-10(29(22,23)24)4-5-11(9)30(25,26)27;1-2;/h1-16H;4-5,7,16H,2-3,6,8H2,1H3,(H,22,23,24)(H,25,26,27)(H2,15,17,18,19);1-2H3;/q-2;;;+2. The number of rotatable bonds is 9. The largest absolute Gasteiger partial charge is 2.00 e. The molecule has 0 spiro atoms. The van der Waals surface area contributed by atoms with Crippen LogP contribution in [0, 0.1) is 0 Å². The summed E-state index contributed by atoms with van der Waals surface area (Å²) in [5, 5.41) is 3.57. The van der Waals surface area contributed by atoms with Crippen LogP contribution >= 0.6 is 0 Å². The van der Waals surface area contributed by atoms with E-state index in [9.17, 15) is 34.4 Å². The molecule has 0 saturated carbocycles. The summed E-state index contributed by atoms with van der Waals surface area (Å²) in [6, 6.07) is 34.4. The molecule has 9 aromatic rings. The van der Waals surface area contributed by atoms with E-state index in [-0.39, 0.29) is 59.6 Å². The molecule has 0 amide bonds. The molecule has 1 radical (unpaired) electrons. The zero-order valence-corrected chi connectivity index (χ0v) is 42.1. The number of nitrogen functional groups attached to an aromatic ring is 1. The molecule has 0 unspecified atom stereocenters. The Morgan fingerprint density at radius 1 is 0.521 bits per heavy atom. The number of aryl methyl sites for hydroxylation is 1. The van der Waals surface area contributed by atoms with Crippen LogP contribution in [0.3, 0.4) is 0 Å². The quantitative estimate of drug-likeness (QED) is 0.0713. The maximum atomic E-state index is 11.6. The van der Waals surface area contributed by atoms with Crippen LogP contribution in [0.4, 0.5) is 5.95 Å². The number of benzene rings is 5. The normalized spacial score (nSPS) is 11.9. The fourth-order valence-corrected chi connectivity index (χ4v) is 9.67. The molecule has 0 atom stereocenters. The first-order chi connectivity index (χ1) is 34.4. The minimum absolute atomic E-state index is 0. The number of hydrogen-bond acceptors (Lipinski definition) is 16. The minimum atomic E-state index is -4.71.